The highest BCUT2D eigenvalue weighted by atomic mass is 28.4. The summed E-state index contributed by atoms with van der Waals surface area (Å²) in [7, 11) is -1.94. The second-order valence-electron chi connectivity index (χ2n) is 6.80. The lowest BCUT2D eigenvalue weighted by atomic mass is 10.0. The molecule has 1 aromatic carbocycles. The summed E-state index contributed by atoms with van der Waals surface area (Å²) in [5.41, 5.74) is 1.03. The van der Waals surface area contributed by atoms with Gasteiger partial charge in [0.05, 0.1) is 12.2 Å². The minimum atomic E-state index is -1.94. The Labute approximate surface area is 124 Å². The zero-order chi connectivity index (χ0) is 15.4. The fourth-order valence-corrected chi connectivity index (χ4v) is 3.08. The highest BCUT2D eigenvalue weighted by molar-refractivity contribution is 6.74. The Morgan fingerprint density at radius 3 is 2.25 bits per heavy atom. The van der Waals surface area contributed by atoms with E-state index in [2.05, 4.69) is 40.4 Å². The molecular weight excluding hydrogens is 264 g/mol. The van der Waals surface area contributed by atoms with Gasteiger partial charge in [-0.15, -0.1) is 6.58 Å². The third kappa shape index (κ3) is 4.30. The lowest BCUT2D eigenvalue weighted by Crippen LogP contribution is -2.43. The van der Waals surface area contributed by atoms with Crippen molar-refractivity contribution in [3.8, 4) is 0 Å². The van der Waals surface area contributed by atoms with E-state index in [-0.39, 0.29) is 11.1 Å². The van der Waals surface area contributed by atoms with Crippen LogP contribution in [0.4, 0.5) is 0 Å². The van der Waals surface area contributed by atoms with Crippen molar-refractivity contribution in [3.63, 3.8) is 0 Å². The van der Waals surface area contributed by atoms with Gasteiger partial charge in [0.15, 0.2) is 8.32 Å². The zero-order valence-electron chi connectivity index (χ0n) is 13.4. The van der Waals surface area contributed by atoms with Gasteiger partial charge in [-0.25, -0.2) is 0 Å². The van der Waals surface area contributed by atoms with Gasteiger partial charge in [-0.1, -0.05) is 57.2 Å². The summed E-state index contributed by atoms with van der Waals surface area (Å²) in [6.07, 6.45) is 1.45. The third-order valence-corrected chi connectivity index (χ3v) is 8.57. The van der Waals surface area contributed by atoms with Crippen LogP contribution in [0.1, 0.15) is 38.9 Å². The zero-order valence-corrected chi connectivity index (χ0v) is 14.4. The summed E-state index contributed by atoms with van der Waals surface area (Å²) in [6.45, 7) is 14.8. The predicted molar refractivity (Wildman–Crippen MR) is 88.3 cm³/mol. The first-order chi connectivity index (χ1) is 9.19. The normalized spacial score (nSPS) is 15.7. The summed E-state index contributed by atoms with van der Waals surface area (Å²) >= 11 is 0. The minimum Gasteiger partial charge on any atom is -0.407 e. The van der Waals surface area contributed by atoms with Gasteiger partial charge in [-0.05, 0) is 30.1 Å². The Hall–Kier alpha value is -0.903. The molecule has 2 atom stereocenters. The highest BCUT2D eigenvalue weighted by Gasteiger charge is 2.40. The van der Waals surface area contributed by atoms with Gasteiger partial charge in [0.25, 0.3) is 0 Å². The van der Waals surface area contributed by atoms with E-state index in [4.69, 9.17) is 4.43 Å². The first kappa shape index (κ1) is 17.1. The summed E-state index contributed by atoms with van der Waals surface area (Å²) in [5, 5.41) is 10.5. The molecule has 0 saturated carbocycles. The number of aliphatic hydroxyl groups is 1. The fraction of sp³-hybridized carbons (Fsp3) is 0.529. The van der Waals surface area contributed by atoms with Crippen LogP contribution in [0.3, 0.4) is 0 Å². The van der Waals surface area contributed by atoms with E-state index in [1.807, 2.05) is 30.3 Å². The molecule has 0 spiro atoms. The number of benzene rings is 1. The van der Waals surface area contributed by atoms with E-state index in [1.165, 1.54) is 0 Å². The first-order valence-electron chi connectivity index (χ1n) is 7.21. The maximum Gasteiger partial charge on any atom is 0.193 e. The highest BCUT2D eigenvalue weighted by Crippen LogP contribution is 2.40. The van der Waals surface area contributed by atoms with Gasteiger partial charge < -0.3 is 9.53 Å². The van der Waals surface area contributed by atoms with Crippen molar-refractivity contribution in [2.45, 2.75) is 57.5 Å². The van der Waals surface area contributed by atoms with Crippen molar-refractivity contribution < 1.29 is 9.53 Å². The Morgan fingerprint density at radius 1 is 1.25 bits per heavy atom. The van der Waals surface area contributed by atoms with E-state index in [9.17, 15) is 5.11 Å². The van der Waals surface area contributed by atoms with Crippen molar-refractivity contribution in [1.29, 1.82) is 0 Å². The fourth-order valence-electron chi connectivity index (χ4n) is 1.80. The Morgan fingerprint density at radius 2 is 1.80 bits per heavy atom. The molecule has 0 bridgehead atoms. The predicted octanol–water partition coefficient (Wildman–Crippen LogP) is 4.69. The van der Waals surface area contributed by atoms with E-state index >= 15 is 0 Å². The molecule has 3 heteroatoms. The topological polar surface area (TPSA) is 29.5 Å². The Kier molecular flexibility index (Phi) is 5.75. The van der Waals surface area contributed by atoms with Gasteiger partial charge in [0, 0.05) is 0 Å². The van der Waals surface area contributed by atoms with Crippen LogP contribution in [0.2, 0.25) is 18.1 Å². The SMILES string of the molecule is C=CC[C@@H](O)[C@@H](O[Si](C)(C)C(C)(C)C)c1ccccc1. The molecule has 0 aromatic heterocycles. The van der Waals surface area contributed by atoms with E-state index in [0.717, 1.165) is 5.56 Å². The molecule has 2 nitrogen and oxygen atoms in total. The van der Waals surface area contributed by atoms with E-state index < -0.39 is 14.4 Å². The third-order valence-electron chi connectivity index (χ3n) is 4.11. The summed E-state index contributed by atoms with van der Waals surface area (Å²) < 4.78 is 6.44. The average Bonchev–Trinajstić information content (AvgIpc) is 2.36. The van der Waals surface area contributed by atoms with Gasteiger partial charge in [0.2, 0.25) is 0 Å². The maximum absolute atomic E-state index is 10.4. The van der Waals surface area contributed by atoms with Crippen LogP contribution >= 0.6 is 0 Å². The van der Waals surface area contributed by atoms with Gasteiger partial charge in [-0.2, -0.15) is 0 Å². The van der Waals surface area contributed by atoms with Crippen molar-refractivity contribution in [1.82, 2.24) is 0 Å². The Bertz CT molecular complexity index is 420. The van der Waals surface area contributed by atoms with Gasteiger partial charge in [0.1, 0.15) is 0 Å². The minimum absolute atomic E-state index is 0.119. The molecule has 0 radical (unpaired) electrons. The van der Waals surface area contributed by atoms with Crippen LogP contribution in [0.15, 0.2) is 43.0 Å². The molecule has 0 saturated heterocycles. The number of hydrogen-bond acceptors (Lipinski definition) is 2. The Balaban J connectivity index is 3.04. The van der Waals surface area contributed by atoms with Crippen LogP contribution in [0, 0.1) is 0 Å². The smallest absolute Gasteiger partial charge is 0.193 e. The van der Waals surface area contributed by atoms with Crippen molar-refractivity contribution >= 4 is 8.32 Å². The molecule has 0 fully saturated rings. The molecule has 0 amide bonds. The number of rotatable bonds is 6. The molecule has 0 aliphatic rings. The molecule has 112 valence electrons. The average molecular weight is 292 g/mol. The van der Waals surface area contributed by atoms with Crippen LogP contribution in [-0.4, -0.2) is 19.5 Å². The summed E-state index contributed by atoms with van der Waals surface area (Å²) in [5.74, 6) is 0. The molecule has 1 rings (SSSR count). The second kappa shape index (κ2) is 6.70. The lowest BCUT2D eigenvalue weighted by molar-refractivity contribution is 0.0286. The monoisotopic (exact) mass is 292 g/mol. The summed E-state index contributed by atoms with van der Waals surface area (Å²) in [4.78, 5) is 0. The molecule has 1 N–H and O–H groups in total. The molecule has 0 aliphatic carbocycles. The summed E-state index contributed by atoms with van der Waals surface area (Å²) in [6, 6.07) is 9.98. The van der Waals surface area contributed by atoms with Crippen molar-refractivity contribution in [3.05, 3.63) is 48.6 Å². The van der Waals surface area contributed by atoms with Crippen molar-refractivity contribution in [2.75, 3.05) is 0 Å². The van der Waals surface area contributed by atoms with Crippen LogP contribution < -0.4 is 0 Å². The lowest BCUT2D eigenvalue weighted by Gasteiger charge is -2.40. The van der Waals surface area contributed by atoms with Crippen molar-refractivity contribution in [2.24, 2.45) is 0 Å². The van der Waals surface area contributed by atoms with E-state index in [1.54, 1.807) is 6.08 Å². The molecule has 0 unspecified atom stereocenters. The van der Waals surface area contributed by atoms with Crippen LogP contribution in [0.25, 0.3) is 0 Å². The molecular formula is C17H28O2Si. The van der Waals surface area contributed by atoms with Crippen LogP contribution in [0.5, 0.6) is 0 Å². The van der Waals surface area contributed by atoms with Gasteiger partial charge >= 0.3 is 0 Å². The van der Waals surface area contributed by atoms with Gasteiger partial charge in [-0.3, -0.25) is 0 Å². The van der Waals surface area contributed by atoms with E-state index in [0.29, 0.717) is 6.42 Å². The number of hydrogen-bond donors (Lipinski definition) is 1. The maximum atomic E-state index is 10.4. The van der Waals surface area contributed by atoms with Crippen LogP contribution in [-0.2, 0) is 4.43 Å². The first-order valence-corrected chi connectivity index (χ1v) is 10.1. The quantitative estimate of drug-likeness (QED) is 0.609. The molecule has 20 heavy (non-hydrogen) atoms. The molecule has 0 aliphatic heterocycles. The standard InChI is InChI=1S/C17H28O2Si/c1-7-11-15(18)16(14-12-9-8-10-13-14)19-20(5,6)17(2,3)4/h7-10,12-13,15-16,18H,1,11H2,2-6H3/t15-,16+/m1/s1. The number of aliphatic hydroxyl groups excluding tert-OH is 1. The molecule has 0 heterocycles. The second-order valence-corrected chi connectivity index (χ2v) is 11.6. The largest absolute Gasteiger partial charge is 0.407 e. The molecule has 1 aromatic rings.